The fourth-order valence-electron chi connectivity index (χ4n) is 2.33. The fraction of sp³-hybridized carbons (Fsp3) is 0.158. The lowest BCUT2D eigenvalue weighted by Gasteiger charge is -2.11. The van der Waals surface area contributed by atoms with Gasteiger partial charge in [-0.3, -0.25) is 4.99 Å². The zero-order valence-corrected chi connectivity index (χ0v) is 16.2. The van der Waals surface area contributed by atoms with Crippen LogP contribution in [0, 0.1) is 0 Å². The summed E-state index contributed by atoms with van der Waals surface area (Å²) in [4.78, 5) is 5.34. The first-order valence-electron chi connectivity index (χ1n) is 7.87. The van der Waals surface area contributed by atoms with E-state index in [9.17, 15) is 0 Å². The van der Waals surface area contributed by atoms with Crippen molar-refractivity contribution in [2.24, 2.45) is 10.1 Å². The Morgan fingerprint density at radius 2 is 2.08 bits per heavy atom. The molecule has 0 saturated heterocycles. The summed E-state index contributed by atoms with van der Waals surface area (Å²) in [6, 6.07) is 7.72. The molecule has 1 aromatic carbocycles. The average Bonchev–Trinajstić information content (AvgIpc) is 3.33. The van der Waals surface area contributed by atoms with Gasteiger partial charge in [0.25, 0.3) is 0 Å². The molecule has 2 aromatic heterocycles. The molecular weight excluding hydrogens is 366 g/mol. The molecule has 3 aromatic rings. The van der Waals surface area contributed by atoms with Crippen LogP contribution in [0.3, 0.4) is 0 Å². The maximum Gasteiger partial charge on any atom is 0.206 e. The second kappa shape index (κ2) is 8.64. The second-order valence-corrected chi connectivity index (χ2v) is 6.83. The van der Waals surface area contributed by atoms with Crippen LogP contribution in [-0.4, -0.2) is 31.7 Å². The molecule has 134 valence electrons. The first-order valence-corrected chi connectivity index (χ1v) is 9.70. The van der Waals surface area contributed by atoms with Crippen LogP contribution in [0.1, 0.15) is 5.56 Å². The zero-order valence-electron chi connectivity index (χ0n) is 14.6. The van der Waals surface area contributed by atoms with Crippen molar-refractivity contribution in [2.75, 3.05) is 20.8 Å². The average molecular weight is 386 g/mol. The van der Waals surface area contributed by atoms with Gasteiger partial charge in [-0.25, -0.2) is 4.68 Å². The topological polar surface area (TPSA) is 48.1 Å². The molecule has 2 heterocycles. The highest BCUT2D eigenvalue weighted by Crippen LogP contribution is 2.33. The van der Waals surface area contributed by atoms with E-state index in [0.717, 1.165) is 33.1 Å². The lowest BCUT2D eigenvalue weighted by molar-refractivity contribution is 0.404. The molecule has 0 unspecified atom stereocenters. The molecule has 0 bridgehead atoms. The molecule has 0 amide bonds. The van der Waals surface area contributed by atoms with Crippen LogP contribution in [0.4, 0.5) is 0 Å². The summed E-state index contributed by atoms with van der Waals surface area (Å²) in [5.41, 5.74) is 2.83. The van der Waals surface area contributed by atoms with E-state index in [0.29, 0.717) is 6.54 Å². The summed E-state index contributed by atoms with van der Waals surface area (Å²) in [5.74, 6) is 1.50. The van der Waals surface area contributed by atoms with E-state index in [2.05, 4.69) is 16.7 Å². The van der Waals surface area contributed by atoms with Crippen molar-refractivity contribution in [3.63, 3.8) is 0 Å². The number of nitrogens with zero attached hydrogens (tertiary/aromatic N) is 3. The molecule has 0 fully saturated rings. The number of benzene rings is 1. The number of hydrogen-bond donors (Lipinski definition) is 0. The monoisotopic (exact) mass is 385 g/mol. The highest BCUT2D eigenvalue weighted by atomic mass is 32.1. The highest BCUT2D eigenvalue weighted by Gasteiger charge is 2.14. The molecule has 0 spiro atoms. The van der Waals surface area contributed by atoms with Gasteiger partial charge in [-0.15, -0.1) is 17.9 Å². The lowest BCUT2D eigenvalue weighted by atomic mass is 10.1. The van der Waals surface area contributed by atoms with Crippen LogP contribution in [0.5, 0.6) is 11.5 Å². The minimum absolute atomic E-state index is 0.531. The van der Waals surface area contributed by atoms with Crippen LogP contribution >= 0.6 is 22.7 Å². The van der Waals surface area contributed by atoms with Gasteiger partial charge in [0.1, 0.15) is 11.5 Å². The van der Waals surface area contributed by atoms with Gasteiger partial charge in [-0.1, -0.05) is 6.08 Å². The number of hydrogen-bond acceptors (Lipinski definition) is 6. The predicted octanol–water partition coefficient (Wildman–Crippen LogP) is 4.26. The Bertz CT molecular complexity index is 969. The zero-order chi connectivity index (χ0) is 18.4. The van der Waals surface area contributed by atoms with Gasteiger partial charge in [0, 0.05) is 16.5 Å². The Labute approximate surface area is 160 Å². The molecule has 3 rings (SSSR count). The van der Waals surface area contributed by atoms with Crippen molar-refractivity contribution in [1.29, 1.82) is 0 Å². The molecule has 0 saturated carbocycles. The van der Waals surface area contributed by atoms with Crippen LogP contribution in [0.25, 0.3) is 11.3 Å². The van der Waals surface area contributed by atoms with E-state index in [4.69, 9.17) is 9.47 Å². The van der Waals surface area contributed by atoms with Gasteiger partial charge in [-0.05, 0) is 35.0 Å². The minimum atomic E-state index is 0.531. The van der Waals surface area contributed by atoms with E-state index >= 15 is 0 Å². The van der Waals surface area contributed by atoms with Gasteiger partial charge in [-0.2, -0.15) is 16.4 Å². The van der Waals surface area contributed by atoms with Gasteiger partial charge in [0.05, 0.1) is 32.7 Å². The smallest absolute Gasteiger partial charge is 0.206 e. The van der Waals surface area contributed by atoms with E-state index in [1.807, 2.05) is 51.3 Å². The Kier molecular flexibility index (Phi) is 6.04. The molecule has 7 heteroatoms. The first-order chi connectivity index (χ1) is 12.8. The fourth-order valence-corrected chi connectivity index (χ4v) is 3.78. The molecule has 0 aliphatic rings. The summed E-state index contributed by atoms with van der Waals surface area (Å²) < 4.78 is 12.7. The van der Waals surface area contributed by atoms with Crippen LogP contribution in [0.15, 0.2) is 63.2 Å². The maximum atomic E-state index is 5.53. The number of ether oxygens (including phenoxy) is 2. The van der Waals surface area contributed by atoms with Crippen molar-refractivity contribution < 1.29 is 9.47 Å². The Balaban J connectivity index is 2.16. The molecule has 26 heavy (non-hydrogen) atoms. The first kappa shape index (κ1) is 18.2. The van der Waals surface area contributed by atoms with Gasteiger partial charge < -0.3 is 9.47 Å². The van der Waals surface area contributed by atoms with Crippen molar-refractivity contribution in [3.05, 3.63) is 63.4 Å². The summed E-state index contributed by atoms with van der Waals surface area (Å²) in [5, 5.41) is 10.7. The van der Waals surface area contributed by atoms with E-state index < -0.39 is 0 Å². The maximum absolute atomic E-state index is 5.53. The van der Waals surface area contributed by atoms with Crippen LogP contribution < -0.4 is 14.3 Å². The van der Waals surface area contributed by atoms with Gasteiger partial charge >= 0.3 is 0 Å². The number of rotatable bonds is 7. The van der Waals surface area contributed by atoms with Crippen molar-refractivity contribution in [2.45, 2.75) is 0 Å². The van der Waals surface area contributed by atoms with Gasteiger partial charge in [0.2, 0.25) is 4.80 Å². The van der Waals surface area contributed by atoms with Gasteiger partial charge in [0.15, 0.2) is 0 Å². The quantitative estimate of drug-likeness (QED) is 0.451. The Morgan fingerprint density at radius 3 is 2.77 bits per heavy atom. The number of aromatic nitrogens is 1. The molecule has 0 atom stereocenters. The SMILES string of the molecule is C=CCN=c1scc(-c2cc(OC)ccc2OC)n1N=Cc1ccsc1. The number of methoxy groups -OCH3 is 2. The van der Waals surface area contributed by atoms with E-state index in [1.165, 1.54) is 11.3 Å². The summed E-state index contributed by atoms with van der Waals surface area (Å²) in [6.07, 6.45) is 3.59. The summed E-state index contributed by atoms with van der Waals surface area (Å²) in [6.45, 7) is 4.27. The Morgan fingerprint density at radius 1 is 1.19 bits per heavy atom. The standard InChI is InChI=1S/C19H19N3O2S2/c1-4-8-20-19-22(21-11-14-7-9-25-12-14)17(13-26-19)16-10-15(23-2)5-6-18(16)24-3/h4-7,9-13H,1,8H2,2-3H3. The number of thiophene rings is 1. The van der Waals surface area contributed by atoms with E-state index in [-0.39, 0.29) is 0 Å². The van der Waals surface area contributed by atoms with Crippen LogP contribution in [0.2, 0.25) is 0 Å². The van der Waals surface area contributed by atoms with Crippen molar-refractivity contribution >= 4 is 28.9 Å². The van der Waals surface area contributed by atoms with E-state index in [1.54, 1.807) is 31.6 Å². The molecule has 0 aliphatic heterocycles. The third kappa shape index (κ3) is 3.95. The summed E-state index contributed by atoms with van der Waals surface area (Å²) in [7, 11) is 3.30. The summed E-state index contributed by atoms with van der Waals surface area (Å²) >= 11 is 3.16. The normalized spacial score (nSPS) is 11.8. The van der Waals surface area contributed by atoms with Crippen LogP contribution in [-0.2, 0) is 0 Å². The highest BCUT2D eigenvalue weighted by molar-refractivity contribution is 7.08. The van der Waals surface area contributed by atoms with Crippen molar-refractivity contribution in [1.82, 2.24) is 4.68 Å². The molecule has 5 nitrogen and oxygen atoms in total. The molecular formula is C19H19N3O2S2. The third-order valence-electron chi connectivity index (χ3n) is 3.59. The molecule has 0 N–H and O–H groups in total. The van der Waals surface area contributed by atoms with Crippen molar-refractivity contribution in [3.8, 4) is 22.8 Å². The molecule has 0 radical (unpaired) electrons. The Hall–Kier alpha value is -2.64. The second-order valence-electron chi connectivity index (χ2n) is 5.21. The lowest BCUT2D eigenvalue weighted by Crippen LogP contribution is -2.12. The largest absolute Gasteiger partial charge is 0.497 e. The number of thiazole rings is 1. The third-order valence-corrected chi connectivity index (χ3v) is 5.14. The molecule has 0 aliphatic carbocycles. The predicted molar refractivity (Wildman–Crippen MR) is 109 cm³/mol. The minimum Gasteiger partial charge on any atom is -0.497 e.